The summed E-state index contributed by atoms with van der Waals surface area (Å²) >= 11 is 0. The molecule has 0 saturated heterocycles. The molecule has 0 bridgehead atoms. The van der Waals surface area contributed by atoms with E-state index in [1.165, 1.54) is 16.7 Å². The van der Waals surface area contributed by atoms with Gasteiger partial charge in [0.15, 0.2) is 0 Å². The molecular formula is C16H25N. The Kier molecular flexibility index (Phi) is 4.95. The van der Waals surface area contributed by atoms with Crippen molar-refractivity contribution in [3.63, 3.8) is 0 Å². The van der Waals surface area contributed by atoms with Crippen molar-refractivity contribution in [3.8, 4) is 0 Å². The van der Waals surface area contributed by atoms with Crippen LogP contribution in [0.3, 0.4) is 0 Å². The summed E-state index contributed by atoms with van der Waals surface area (Å²) in [6.07, 6.45) is 3.39. The fourth-order valence-corrected chi connectivity index (χ4v) is 1.67. The van der Waals surface area contributed by atoms with Crippen molar-refractivity contribution < 1.29 is 0 Å². The third-order valence-electron chi connectivity index (χ3n) is 2.76. The third-order valence-corrected chi connectivity index (χ3v) is 2.76. The summed E-state index contributed by atoms with van der Waals surface area (Å²) in [6, 6.07) is 8.72. The second-order valence-corrected chi connectivity index (χ2v) is 5.72. The van der Waals surface area contributed by atoms with E-state index in [1.54, 1.807) is 0 Å². The highest BCUT2D eigenvalue weighted by Crippen LogP contribution is 2.14. The van der Waals surface area contributed by atoms with Crippen LogP contribution >= 0.6 is 0 Å². The van der Waals surface area contributed by atoms with Crippen molar-refractivity contribution in [1.82, 2.24) is 5.32 Å². The van der Waals surface area contributed by atoms with Crippen molar-refractivity contribution in [1.29, 1.82) is 0 Å². The fourth-order valence-electron chi connectivity index (χ4n) is 1.67. The number of benzene rings is 1. The van der Waals surface area contributed by atoms with Gasteiger partial charge < -0.3 is 5.32 Å². The molecule has 1 N–H and O–H groups in total. The van der Waals surface area contributed by atoms with Crippen LogP contribution in [0.1, 0.15) is 45.2 Å². The van der Waals surface area contributed by atoms with Crippen LogP contribution in [0.15, 0.2) is 30.3 Å². The van der Waals surface area contributed by atoms with E-state index in [9.17, 15) is 0 Å². The zero-order chi connectivity index (χ0) is 12.9. The number of aryl methyl sites for hydroxylation is 1. The summed E-state index contributed by atoms with van der Waals surface area (Å²) in [5.74, 6) is 0. The van der Waals surface area contributed by atoms with E-state index in [2.05, 4.69) is 70.3 Å². The predicted octanol–water partition coefficient (Wildman–Crippen LogP) is 4.18. The van der Waals surface area contributed by atoms with Gasteiger partial charge in [-0.3, -0.25) is 0 Å². The normalized spacial score (nSPS) is 12.9. The molecule has 0 heterocycles. The molecule has 0 aromatic heterocycles. The van der Waals surface area contributed by atoms with Crippen molar-refractivity contribution in [3.05, 3.63) is 41.5 Å². The van der Waals surface area contributed by atoms with E-state index in [4.69, 9.17) is 0 Å². The van der Waals surface area contributed by atoms with Gasteiger partial charge in [0.05, 0.1) is 0 Å². The summed E-state index contributed by atoms with van der Waals surface area (Å²) in [7, 11) is 0. The van der Waals surface area contributed by atoms with Crippen LogP contribution < -0.4 is 5.32 Å². The molecule has 1 nitrogen and oxygen atoms in total. The van der Waals surface area contributed by atoms with Crippen LogP contribution in [0.5, 0.6) is 0 Å². The van der Waals surface area contributed by atoms with E-state index in [-0.39, 0.29) is 5.54 Å². The van der Waals surface area contributed by atoms with E-state index >= 15 is 0 Å². The standard InChI is InChI=1S/C16H25N/c1-13-8-10-15(11-9-13)14(2)7-6-12-17-16(3,4)5/h7-11,17H,6,12H2,1-5H3. The number of allylic oxidation sites excluding steroid dienone is 1. The van der Waals surface area contributed by atoms with Crippen LogP contribution in [-0.2, 0) is 0 Å². The highest BCUT2D eigenvalue weighted by atomic mass is 14.9. The molecule has 1 aromatic rings. The molecule has 0 aliphatic carbocycles. The molecule has 0 fully saturated rings. The Bertz CT molecular complexity index is 366. The van der Waals surface area contributed by atoms with Crippen LogP contribution in [0, 0.1) is 6.92 Å². The van der Waals surface area contributed by atoms with Gasteiger partial charge >= 0.3 is 0 Å². The summed E-state index contributed by atoms with van der Waals surface area (Å²) < 4.78 is 0. The van der Waals surface area contributed by atoms with Gasteiger partial charge in [-0.25, -0.2) is 0 Å². The Labute approximate surface area is 106 Å². The lowest BCUT2D eigenvalue weighted by Crippen LogP contribution is -2.36. The molecule has 0 saturated carbocycles. The largest absolute Gasteiger partial charge is 0.312 e. The summed E-state index contributed by atoms with van der Waals surface area (Å²) in [5.41, 5.74) is 4.22. The first kappa shape index (κ1) is 14.0. The molecular weight excluding hydrogens is 206 g/mol. The molecule has 1 rings (SSSR count). The maximum atomic E-state index is 3.49. The first-order valence-electron chi connectivity index (χ1n) is 6.37. The van der Waals surface area contributed by atoms with Crippen molar-refractivity contribution in [2.45, 2.75) is 46.6 Å². The molecule has 0 aliphatic rings. The lowest BCUT2D eigenvalue weighted by Gasteiger charge is -2.19. The molecule has 94 valence electrons. The van der Waals surface area contributed by atoms with E-state index in [0.717, 1.165) is 13.0 Å². The molecule has 0 unspecified atom stereocenters. The summed E-state index contributed by atoms with van der Waals surface area (Å²) in [5, 5.41) is 3.49. The van der Waals surface area contributed by atoms with E-state index in [1.807, 2.05) is 0 Å². The van der Waals surface area contributed by atoms with Gasteiger partial charge in [-0.2, -0.15) is 0 Å². The van der Waals surface area contributed by atoms with Crippen LogP contribution in [0.25, 0.3) is 5.57 Å². The van der Waals surface area contributed by atoms with Crippen LogP contribution in [-0.4, -0.2) is 12.1 Å². The van der Waals surface area contributed by atoms with Gasteiger partial charge in [-0.05, 0) is 58.7 Å². The number of nitrogens with one attached hydrogen (secondary N) is 1. The van der Waals surface area contributed by atoms with Gasteiger partial charge in [0.2, 0.25) is 0 Å². The second-order valence-electron chi connectivity index (χ2n) is 5.72. The number of hydrogen-bond acceptors (Lipinski definition) is 1. The average molecular weight is 231 g/mol. The highest BCUT2D eigenvalue weighted by Gasteiger charge is 2.06. The molecule has 0 radical (unpaired) electrons. The minimum absolute atomic E-state index is 0.214. The monoisotopic (exact) mass is 231 g/mol. The first-order chi connectivity index (χ1) is 7.88. The van der Waals surface area contributed by atoms with Gasteiger partial charge in [-0.1, -0.05) is 35.9 Å². The molecule has 17 heavy (non-hydrogen) atoms. The van der Waals surface area contributed by atoms with E-state index < -0.39 is 0 Å². The topological polar surface area (TPSA) is 12.0 Å². The van der Waals surface area contributed by atoms with Crippen molar-refractivity contribution in [2.75, 3.05) is 6.54 Å². The minimum Gasteiger partial charge on any atom is -0.312 e. The predicted molar refractivity (Wildman–Crippen MR) is 77.2 cm³/mol. The van der Waals surface area contributed by atoms with Gasteiger partial charge in [0.1, 0.15) is 0 Å². The maximum Gasteiger partial charge on any atom is 0.00966 e. The first-order valence-corrected chi connectivity index (χ1v) is 6.37. The Morgan fingerprint density at radius 3 is 2.29 bits per heavy atom. The van der Waals surface area contributed by atoms with Gasteiger partial charge in [0, 0.05) is 5.54 Å². The number of rotatable bonds is 4. The lowest BCUT2D eigenvalue weighted by atomic mass is 10.0. The summed E-state index contributed by atoms with van der Waals surface area (Å²) in [6.45, 7) is 11.9. The number of hydrogen-bond donors (Lipinski definition) is 1. The zero-order valence-electron chi connectivity index (χ0n) is 11.8. The van der Waals surface area contributed by atoms with Crippen molar-refractivity contribution in [2.24, 2.45) is 0 Å². The SMILES string of the molecule is CC(=CCCNC(C)(C)C)c1ccc(C)cc1. The van der Waals surface area contributed by atoms with Crippen LogP contribution in [0.4, 0.5) is 0 Å². The smallest absolute Gasteiger partial charge is 0.00966 e. The Morgan fingerprint density at radius 1 is 1.18 bits per heavy atom. The molecule has 0 atom stereocenters. The third kappa shape index (κ3) is 5.69. The van der Waals surface area contributed by atoms with E-state index in [0.29, 0.717) is 0 Å². The molecule has 1 aromatic carbocycles. The van der Waals surface area contributed by atoms with Gasteiger partial charge in [-0.15, -0.1) is 0 Å². The molecule has 0 amide bonds. The zero-order valence-corrected chi connectivity index (χ0v) is 11.8. The second kappa shape index (κ2) is 6.02. The van der Waals surface area contributed by atoms with Crippen molar-refractivity contribution >= 4 is 5.57 Å². The Hall–Kier alpha value is -1.08. The summed E-state index contributed by atoms with van der Waals surface area (Å²) in [4.78, 5) is 0. The Balaban J connectivity index is 2.47. The van der Waals surface area contributed by atoms with Gasteiger partial charge in [0.25, 0.3) is 0 Å². The quantitative estimate of drug-likeness (QED) is 0.767. The minimum atomic E-state index is 0.214. The molecule has 1 heteroatoms. The molecule has 0 spiro atoms. The maximum absolute atomic E-state index is 3.49. The Morgan fingerprint density at radius 2 is 1.76 bits per heavy atom. The molecule has 0 aliphatic heterocycles. The average Bonchev–Trinajstić information content (AvgIpc) is 2.24. The highest BCUT2D eigenvalue weighted by molar-refractivity contribution is 5.63. The van der Waals surface area contributed by atoms with Crippen LogP contribution in [0.2, 0.25) is 0 Å². The fraction of sp³-hybridized carbons (Fsp3) is 0.500. The lowest BCUT2D eigenvalue weighted by molar-refractivity contribution is 0.431.